The van der Waals surface area contributed by atoms with E-state index in [-0.39, 0.29) is 23.9 Å². The number of carbonyl (C=O) groups excluding carboxylic acids is 2. The highest BCUT2D eigenvalue weighted by atomic mass is 35.5. The Kier molecular flexibility index (Phi) is 6.78. The molecule has 0 saturated heterocycles. The summed E-state index contributed by atoms with van der Waals surface area (Å²) >= 11 is 5.69. The van der Waals surface area contributed by atoms with Gasteiger partial charge >= 0.3 is 6.09 Å². The maximum Gasteiger partial charge on any atom is 0.407 e. The van der Waals surface area contributed by atoms with E-state index in [9.17, 15) is 9.59 Å². The molecular formula is C15H27ClN2O3. The molecule has 0 aromatic heterocycles. The summed E-state index contributed by atoms with van der Waals surface area (Å²) in [4.78, 5) is 25.6. The van der Waals surface area contributed by atoms with E-state index in [0.717, 1.165) is 25.7 Å². The van der Waals surface area contributed by atoms with E-state index in [0.29, 0.717) is 6.54 Å². The molecule has 0 spiro atoms. The lowest BCUT2D eigenvalue weighted by Gasteiger charge is -2.39. The topological polar surface area (TPSA) is 58.6 Å². The Morgan fingerprint density at radius 3 is 2.38 bits per heavy atom. The molecule has 1 aliphatic rings. The molecule has 0 aromatic rings. The van der Waals surface area contributed by atoms with Crippen molar-refractivity contribution in [3.63, 3.8) is 0 Å². The molecule has 6 heteroatoms. The first-order valence-corrected chi connectivity index (χ1v) is 8.15. The minimum atomic E-state index is -0.526. The summed E-state index contributed by atoms with van der Waals surface area (Å²) in [6.07, 6.45) is 3.48. The van der Waals surface area contributed by atoms with Crippen LogP contribution in [0.2, 0.25) is 0 Å². The summed E-state index contributed by atoms with van der Waals surface area (Å²) in [6.45, 7) is 7.94. The van der Waals surface area contributed by atoms with Gasteiger partial charge in [-0.05, 0) is 46.5 Å². The molecule has 122 valence electrons. The van der Waals surface area contributed by atoms with E-state index in [1.54, 1.807) is 0 Å². The summed E-state index contributed by atoms with van der Waals surface area (Å²) in [5.41, 5.74) is -0.526. The molecule has 1 rings (SSSR count). The van der Waals surface area contributed by atoms with Gasteiger partial charge in [0, 0.05) is 18.6 Å². The average molecular weight is 319 g/mol. The summed E-state index contributed by atoms with van der Waals surface area (Å²) in [5, 5.41) is 2.84. The number of alkyl halides is 1. The van der Waals surface area contributed by atoms with E-state index in [1.165, 1.54) is 0 Å². The second-order valence-electron chi connectivity index (χ2n) is 6.52. The summed E-state index contributed by atoms with van der Waals surface area (Å²) < 4.78 is 5.26. The molecule has 5 nitrogen and oxygen atoms in total. The van der Waals surface area contributed by atoms with Gasteiger partial charge in [-0.3, -0.25) is 4.79 Å². The highest BCUT2D eigenvalue weighted by molar-refractivity contribution is 6.27. The minimum absolute atomic E-state index is 0.0145. The second-order valence-corrected chi connectivity index (χ2v) is 6.78. The molecule has 0 aromatic carbocycles. The Bertz CT molecular complexity index is 364. The molecule has 21 heavy (non-hydrogen) atoms. The Morgan fingerprint density at radius 1 is 1.38 bits per heavy atom. The van der Waals surface area contributed by atoms with Crippen LogP contribution < -0.4 is 5.32 Å². The quantitative estimate of drug-likeness (QED) is 0.766. The lowest BCUT2D eigenvalue weighted by molar-refractivity contribution is -0.133. The average Bonchev–Trinajstić information content (AvgIpc) is 2.31. The third-order valence-corrected chi connectivity index (χ3v) is 3.81. The van der Waals surface area contributed by atoms with Gasteiger partial charge in [-0.1, -0.05) is 6.92 Å². The lowest BCUT2D eigenvalue weighted by atomic mass is 9.91. The number of alkyl carbamates (subject to hydrolysis) is 1. The van der Waals surface area contributed by atoms with E-state index in [4.69, 9.17) is 16.3 Å². The van der Waals surface area contributed by atoms with Gasteiger partial charge in [0.05, 0.1) is 0 Å². The van der Waals surface area contributed by atoms with Gasteiger partial charge in [0.1, 0.15) is 11.5 Å². The highest BCUT2D eigenvalue weighted by Crippen LogP contribution is 2.25. The number of halogens is 1. The number of nitrogens with one attached hydrogen (secondary N) is 1. The van der Waals surface area contributed by atoms with Crippen LogP contribution in [0.5, 0.6) is 0 Å². The smallest absolute Gasteiger partial charge is 0.407 e. The number of rotatable bonds is 6. The zero-order chi connectivity index (χ0) is 16.0. The van der Waals surface area contributed by atoms with E-state index >= 15 is 0 Å². The molecule has 1 saturated carbocycles. The summed E-state index contributed by atoms with van der Waals surface area (Å²) in [5.74, 6) is -0.0786. The fraction of sp³-hybridized carbons (Fsp3) is 0.867. The fourth-order valence-corrected chi connectivity index (χ4v) is 2.37. The van der Waals surface area contributed by atoms with Crippen molar-refractivity contribution in [1.29, 1.82) is 0 Å². The molecule has 2 amide bonds. The Hall–Kier alpha value is -0.970. The number of carbonyl (C=O) groups is 2. The van der Waals surface area contributed by atoms with Crippen molar-refractivity contribution in [2.24, 2.45) is 0 Å². The van der Waals surface area contributed by atoms with Crippen LogP contribution in [0.3, 0.4) is 0 Å². The molecular weight excluding hydrogens is 292 g/mol. The Morgan fingerprint density at radius 2 is 2.00 bits per heavy atom. The zero-order valence-electron chi connectivity index (χ0n) is 13.4. The van der Waals surface area contributed by atoms with Gasteiger partial charge < -0.3 is 15.0 Å². The van der Waals surface area contributed by atoms with Gasteiger partial charge in [0.2, 0.25) is 5.91 Å². The molecule has 1 atom stereocenters. The van der Waals surface area contributed by atoms with Gasteiger partial charge in [0.25, 0.3) is 0 Å². The van der Waals surface area contributed by atoms with Crippen molar-refractivity contribution < 1.29 is 14.3 Å². The largest absolute Gasteiger partial charge is 0.444 e. The maximum atomic E-state index is 12.0. The first-order chi connectivity index (χ1) is 9.76. The molecule has 0 bridgehead atoms. The van der Waals surface area contributed by atoms with Gasteiger partial charge in [-0.25, -0.2) is 4.79 Å². The van der Waals surface area contributed by atoms with E-state index in [2.05, 4.69) is 5.32 Å². The SMILES string of the molecule is CC[C@H](CN(C(=O)CCl)C1CCC1)NC(=O)OC(C)(C)C. The molecule has 1 fully saturated rings. The third kappa shape index (κ3) is 6.12. The van der Waals surface area contributed by atoms with Crippen molar-refractivity contribution in [2.45, 2.75) is 71.1 Å². The molecule has 0 unspecified atom stereocenters. The fourth-order valence-electron chi connectivity index (χ4n) is 2.22. The lowest BCUT2D eigenvalue weighted by Crippen LogP contribution is -2.52. The number of amides is 2. The van der Waals surface area contributed by atoms with Crippen LogP contribution in [0, 0.1) is 0 Å². The predicted octanol–water partition coefficient (Wildman–Crippen LogP) is 2.91. The normalized spacial score (nSPS) is 16.8. The Balaban J connectivity index is 2.57. The highest BCUT2D eigenvalue weighted by Gasteiger charge is 2.30. The predicted molar refractivity (Wildman–Crippen MR) is 83.5 cm³/mol. The first kappa shape index (κ1) is 18.1. The van der Waals surface area contributed by atoms with Gasteiger partial charge in [0.15, 0.2) is 0 Å². The number of nitrogens with zero attached hydrogens (tertiary/aromatic N) is 1. The van der Waals surface area contributed by atoms with Crippen LogP contribution >= 0.6 is 11.6 Å². The first-order valence-electron chi connectivity index (χ1n) is 7.61. The van der Waals surface area contributed by atoms with Crippen LogP contribution in [-0.2, 0) is 9.53 Å². The molecule has 1 N–H and O–H groups in total. The maximum absolute atomic E-state index is 12.0. The van der Waals surface area contributed by atoms with Crippen molar-refractivity contribution in [2.75, 3.05) is 12.4 Å². The standard InChI is InChI=1S/C15H27ClN2O3/c1-5-11(17-14(20)21-15(2,3)4)10-18(13(19)9-16)12-7-6-8-12/h11-12H,5-10H2,1-4H3,(H,17,20)/t11-/m1/s1. The van der Waals surface area contributed by atoms with E-state index in [1.807, 2.05) is 32.6 Å². The van der Waals surface area contributed by atoms with Crippen LogP contribution in [0.25, 0.3) is 0 Å². The zero-order valence-corrected chi connectivity index (χ0v) is 14.2. The van der Waals surface area contributed by atoms with Gasteiger partial charge in [-0.2, -0.15) is 0 Å². The Labute approximate surface area is 132 Å². The van der Waals surface area contributed by atoms with Crippen molar-refractivity contribution in [3.05, 3.63) is 0 Å². The molecule has 1 aliphatic carbocycles. The third-order valence-electron chi connectivity index (χ3n) is 3.58. The molecule has 0 radical (unpaired) electrons. The van der Waals surface area contributed by atoms with E-state index < -0.39 is 11.7 Å². The van der Waals surface area contributed by atoms with Crippen molar-refractivity contribution in [1.82, 2.24) is 10.2 Å². The van der Waals surface area contributed by atoms with Crippen LogP contribution in [0.1, 0.15) is 53.4 Å². The van der Waals surface area contributed by atoms with Crippen LogP contribution in [-0.4, -0.2) is 47.0 Å². The summed E-state index contributed by atoms with van der Waals surface area (Å²) in [7, 11) is 0. The second kappa shape index (κ2) is 7.87. The van der Waals surface area contributed by atoms with Crippen LogP contribution in [0.4, 0.5) is 4.79 Å². The number of hydrogen-bond acceptors (Lipinski definition) is 3. The van der Waals surface area contributed by atoms with Crippen LogP contribution in [0.15, 0.2) is 0 Å². The minimum Gasteiger partial charge on any atom is -0.444 e. The number of hydrogen-bond donors (Lipinski definition) is 1. The van der Waals surface area contributed by atoms with Gasteiger partial charge in [-0.15, -0.1) is 11.6 Å². The molecule has 0 aliphatic heterocycles. The molecule has 0 heterocycles. The monoisotopic (exact) mass is 318 g/mol. The number of ether oxygens (including phenoxy) is 1. The van der Waals surface area contributed by atoms with Crippen molar-refractivity contribution in [3.8, 4) is 0 Å². The summed E-state index contributed by atoms with van der Waals surface area (Å²) in [6, 6.07) is 0.151. The van der Waals surface area contributed by atoms with Crippen molar-refractivity contribution >= 4 is 23.6 Å².